The van der Waals surface area contributed by atoms with Crippen LogP contribution in [-0.4, -0.2) is 27.4 Å². The third-order valence-electron chi connectivity index (χ3n) is 5.20. The SMILES string of the molecule is CCCCCC(=O)On1c(O)c(Cc2ccc(OCCc3ccc(CC)cn3)cc2)sc1=O. The summed E-state index contributed by atoms with van der Waals surface area (Å²) in [6.07, 6.45) is 6.74. The zero-order valence-corrected chi connectivity index (χ0v) is 19.9. The molecule has 3 rings (SSSR count). The van der Waals surface area contributed by atoms with Crippen molar-refractivity contribution in [2.75, 3.05) is 6.61 Å². The van der Waals surface area contributed by atoms with Crippen LogP contribution in [0.15, 0.2) is 47.4 Å². The molecule has 0 spiro atoms. The molecule has 1 aromatic carbocycles. The second kappa shape index (κ2) is 12.2. The smallest absolute Gasteiger partial charge is 0.344 e. The average molecular weight is 471 g/mol. The minimum absolute atomic E-state index is 0.215. The summed E-state index contributed by atoms with van der Waals surface area (Å²) in [6.45, 7) is 4.66. The number of pyridine rings is 1. The summed E-state index contributed by atoms with van der Waals surface area (Å²) in [4.78, 5) is 33.5. The van der Waals surface area contributed by atoms with Crippen LogP contribution in [0.3, 0.4) is 0 Å². The molecule has 0 bridgehead atoms. The monoisotopic (exact) mass is 470 g/mol. The van der Waals surface area contributed by atoms with Gasteiger partial charge in [-0.25, -0.2) is 4.79 Å². The van der Waals surface area contributed by atoms with Crippen molar-refractivity contribution < 1.29 is 19.5 Å². The number of unbranched alkanes of at least 4 members (excludes halogenated alkanes) is 2. The number of thiazole rings is 1. The van der Waals surface area contributed by atoms with E-state index in [-0.39, 0.29) is 12.3 Å². The molecule has 1 N–H and O–H groups in total. The summed E-state index contributed by atoms with van der Waals surface area (Å²) in [6, 6.07) is 11.6. The molecule has 7 nitrogen and oxygen atoms in total. The normalized spacial score (nSPS) is 10.8. The molecule has 2 heterocycles. The highest BCUT2D eigenvalue weighted by Crippen LogP contribution is 2.24. The van der Waals surface area contributed by atoms with Gasteiger partial charge in [0.2, 0.25) is 5.88 Å². The Morgan fingerprint density at radius 3 is 2.52 bits per heavy atom. The summed E-state index contributed by atoms with van der Waals surface area (Å²) in [7, 11) is 0. The molecule has 0 amide bonds. The summed E-state index contributed by atoms with van der Waals surface area (Å²) in [5.74, 6) is -0.112. The van der Waals surface area contributed by atoms with Crippen molar-refractivity contribution in [1.82, 2.24) is 9.71 Å². The second-order valence-electron chi connectivity index (χ2n) is 7.76. The van der Waals surface area contributed by atoms with E-state index in [0.717, 1.165) is 54.0 Å². The van der Waals surface area contributed by atoms with Gasteiger partial charge in [0.05, 0.1) is 11.5 Å². The molecule has 3 aromatic rings. The van der Waals surface area contributed by atoms with Crippen LogP contribution < -0.4 is 14.4 Å². The van der Waals surface area contributed by atoms with Crippen molar-refractivity contribution in [3.05, 3.63) is 74.0 Å². The van der Waals surface area contributed by atoms with E-state index in [4.69, 9.17) is 9.57 Å². The first-order valence-corrected chi connectivity index (χ1v) is 12.1. The van der Waals surface area contributed by atoms with E-state index in [1.54, 1.807) is 0 Å². The summed E-state index contributed by atoms with van der Waals surface area (Å²) < 4.78 is 6.49. The van der Waals surface area contributed by atoms with Gasteiger partial charge in [-0.05, 0) is 42.2 Å². The van der Waals surface area contributed by atoms with Crippen LogP contribution in [0.1, 0.15) is 61.2 Å². The molecule has 33 heavy (non-hydrogen) atoms. The number of aromatic nitrogens is 2. The Labute approximate surface area is 197 Å². The molecule has 0 unspecified atom stereocenters. The first kappa shape index (κ1) is 24.5. The van der Waals surface area contributed by atoms with Gasteiger partial charge in [-0.15, -0.1) is 0 Å². The van der Waals surface area contributed by atoms with Crippen molar-refractivity contribution in [1.29, 1.82) is 0 Å². The maximum atomic E-state index is 12.2. The van der Waals surface area contributed by atoms with Crippen LogP contribution in [0, 0.1) is 0 Å². The standard InChI is InChI=1S/C25H30N2O5S/c1-3-5-6-7-23(28)32-27-24(29)22(33-25(27)30)16-19-9-12-21(13-10-19)31-15-14-20-11-8-18(4-2)17-26-20/h8-13,17,29H,3-7,14-16H2,1-2H3. The van der Waals surface area contributed by atoms with Crippen molar-refractivity contribution in [2.45, 2.75) is 58.8 Å². The molecule has 0 aliphatic rings. The highest BCUT2D eigenvalue weighted by molar-refractivity contribution is 7.09. The number of ether oxygens (including phenoxy) is 1. The summed E-state index contributed by atoms with van der Waals surface area (Å²) in [5, 5.41) is 10.4. The van der Waals surface area contributed by atoms with E-state index in [0.29, 0.717) is 29.1 Å². The van der Waals surface area contributed by atoms with Gasteiger partial charge in [0.15, 0.2) is 0 Å². The predicted molar refractivity (Wildman–Crippen MR) is 128 cm³/mol. The molecule has 0 saturated heterocycles. The lowest BCUT2D eigenvalue weighted by Gasteiger charge is -2.08. The van der Waals surface area contributed by atoms with Crippen molar-refractivity contribution in [3.8, 4) is 11.6 Å². The van der Waals surface area contributed by atoms with Crippen LogP contribution in [-0.2, 0) is 24.1 Å². The largest absolute Gasteiger partial charge is 0.493 e. The number of benzene rings is 1. The van der Waals surface area contributed by atoms with Gasteiger partial charge in [0, 0.05) is 31.2 Å². The second-order valence-corrected chi connectivity index (χ2v) is 8.81. The molecule has 0 aliphatic carbocycles. The Balaban J connectivity index is 1.52. The van der Waals surface area contributed by atoms with E-state index < -0.39 is 10.8 Å². The van der Waals surface area contributed by atoms with Gasteiger partial charge in [-0.2, -0.15) is 0 Å². The van der Waals surface area contributed by atoms with Crippen LogP contribution in [0.4, 0.5) is 0 Å². The van der Waals surface area contributed by atoms with Crippen LogP contribution in [0.25, 0.3) is 0 Å². The first-order chi connectivity index (χ1) is 16.0. The Hall–Kier alpha value is -3.13. The predicted octanol–water partition coefficient (Wildman–Crippen LogP) is 4.32. The first-order valence-electron chi connectivity index (χ1n) is 11.3. The number of hydrogen-bond acceptors (Lipinski definition) is 7. The maximum Gasteiger partial charge on any atom is 0.344 e. The Bertz CT molecular complexity index is 1090. The lowest BCUT2D eigenvalue weighted by molar-refractivity contribution is -0.145. The third-order valence-corrected chi connectivity index (χ3v) is 6.12. The number of aryl methyl sites for hydroxylation is 1. The summed E-state index contributed by atoms with van der Waals surface area (Å²) in [5.41, 5.74) is 3.11. The minimum atomic E-state index is -0.525. The molecule has 0 atom stereocenters. The van der Waals surface area contributed by atoms with Crippen molar-refractivity contribution >= 4 is 17.3 Å². The number of nitrogens with zero attached hydrogens (tertiary/aromatic N) is 2. The van der Waals surface area contributed by atoms with Crippen molar-refractivity contribution in [3.63, 3.8) is 0 Å². The van der Waals surface area contributed by atoms with Crippen LogP contribution in [0.2, 0.25) is 0 Å². The Kier molecular flexibility index (Phi) is 9.06. The number of rotatable bonds is 12. The fraction of sp³-hybridized carbons (Fsp3) is 0.400. The van der Waals surface area contributed by atoms with E-state index >= 15 is 0 Å². The number of hydrogen-bond donors (Lipinski definition) is 1. The van der Waals surface area contributed by atoms with Gasteiger partial charge in [0.25, 0.3) is 0 Å². The molecular weight excluding hydrogens is 440 g/mol. The molecule has 0 saturated carbocycles. The van der Waals surface area contributed by atoms with Crippen molar-refractivity contribution in [2.24, 2.45) is 0 Å². The zero-order valence-electron chi connectivity index (χ0n) is 19.1. The number of aromatic hydroxyl groups is 1. The van der Waals surface area contributed by atoms with E-state index in [9.17, 15) is 14.7 Å². The number of carbonyl (C=O) groups is 1. The van der Waals surface area contributed by atoms with Gasteiger partial charge in [-0.3, -0.25) is 9.78 Å². The minimum Gasteiger partial charge on any atom is -0.493 e. The van der Waals surface area contributed by atoms with E-state index in [1.807, 2.05) is 43.5 Å². The highest BCUT2D eigenvalue weighted by atomic mass is 32.1. The van der Waals surface area contributed by atoms with Gasteiger partial charge in [-0.1, -0.05) is 61.0 Å². The lowest BCUT2D eigenvalue weighted by atomic mass is 10.1. The molecule has 2 aromatic heterocycles. The Morgan fingerprint density at radius 1 is 1.09 bits per heavy atom. The van der Waals surface area contributed by atoms with Crippen LogP contribution in [0.5, 0.6) is 11.6 Å². The summed E-state index contributed by atoms with van der Waals surface area (Å²) >= 11 is 0.866. The fourth-order valence-electron chi connectivity index (χ4n) is 3.23. The highest BCUT2D eigenvalue weighted by Gasteiger charge is 2.18. The Morgan fingerprint density at radius 2 is 1.85 bits per heavy atom. The topological polar surface area (TPSA) is 90.7 Å². The number of carbonyl (C=O) groups excluding carboxylic acids is 1. The molecule has 176 valence electrons. The quantitative estimate of drug-likeness (QED) is 0.397. The molecule has 0 aliphatic heterocycles. The van der Waals surface area contributed by atoms with E-state index in [2.05, 4.69) is 18.0 Å². The lowest BCUT2D eigenvalue weighted by Crippen LogP contribution is -2.26. The zero-order chi connectivity index (χ0) is 23.6. The maximum absolute atomic E-state index is 12.2. The fourth-order valence-corrected chi connectivity index (χ4v) is 4.06. The average Bonchev–Trinajstić information content (AvgIpc) is 3.08. The molecule has 0 radical (unpaired) electrons. The van der Waals surface area contributed by atoms with Gasteiger partial charge >= 0.3 is 10.8 Å². The van der Waals surface area contributed by atoms with Crippen LogP contribution >= 0.6 is 11.3 Å². The van der Waals surface area contributed by atoms with E-state index in [1.165, 1.54) is 5.56 Å². The molecule has 8 heteroatoms. The third kappa shape index (κ3) is 7.18. The molecular formula is C25H30N2O5S. The van der Waals surface area contributed by atoms with Gasteiger partial charge in [0.1, 0.15) is 5.75 Å². The molecule has 0 fully saturated rings. The van der Waals surface area contributed by atoms with Gasteiger partial charge < -0.3 is 14.7 Å².